The number of nitrogens with zero attached hydrogens (tertiary/aromatic N) is 2. The summed E-state index contributed by atoms with van der Waals surface area (Å²) in [4.78, 5) is 25.9. The zero-order valence-electron chi connectivity index (χ0n) is 23.5. The third kappa shape index (κ3) is 23.5. The average Bonchev–Trinajstić information content (AvgIpc) is 2.77. The van der Waals surface area contributed by atoms with Gasteiger partial charge in [-0.05, 0) is 13.3 Å². The molecule has 0 bridgehead atoms. The number of hydrogen-bond acceptors (Lipinski definition) is 5. The zero-order chi connectivity index (χ0) is 26.4. The van der Waals surface area contributed by atoms with Crippen LogP contribution >= 0.6 is 7.82 Å². The molecular formula is C26H56N3O5P. The van der Waals surface area contributed by atoms with Crippen molar-refractivity contribution in [2.45, 2.75) is 104 Å². The number of hydrogen-bond donors (Lipinski definition) is 1. The van der Waals surface area contributed by atoms with Gasteiger partial charge >= 0.3 is 6.03 Å². The van der Waals surface area contributed by atoms with E-state index in [1.807, 2.05) is 28.1 Å². The molecule has 0 saturated heterocycles. The van der Waals surface area contributed by atoms with Gasteiger partial charge in [0, 0.05) is 19.6 Å². The summed E-state index contributed by atoms with van der Waals surface area (Å²) in [5, 5.41) is 2.79. The molecule has 8 nitrogen and oxygen atoms in total. The molecule has 9 heteroatoms. The van der Waals surface area contributed by atoms with E-state index in [0.717, 1.165) is 12.8 Å². The molecule has 0 aromatic rings. The molecule has 0 spiro atoms. The van der Waals surface area contributed by atoms with Gasteiger partial charge in [0.15, 0.2) is 0 Å². The van der Waals surface area contributed by atoms with Crippen molar-refractivity contribution in [2.24, 2.45) is 0 Å². The standard InChI is InChI=1S/C26H56N3O5P/c1-6-8-9-10-11-12-13-14-15-16-17-18-19-20-21-28(26(30)27-7-2)22-24-33-35(31,32)34-25-23-29(3,4)5/h6-25H2,1-5H3,(H-,27,30,31,32). The van der Waals surface area contributed by atoms with E-state index in [9.17, 15) is 14.3 Å². The Morgan fingerprint density at radius 2 is 1.23 bits per heavy atom. The van der Waals surface area contributed by atoms with Crippen LogP contribution in [0.15, 0.2) is 0 Å². The molecule has 2 amide bonds. The van der Waals surface area contributed by atoms with Crippen LogP contribution in [0.5, 0.6) is 0 Å². The molecule has 1 atom stereocenters. The summed E-state index contributed by atoms with van der Waals surface area (Å²) in [7, 11) is 1.52. The van der Waals surface area contributed by atoms with Crippen LogP contribution in [0.3, 0.4) is 0 Å². The highest BCUT2D eigenvalue weighted by atomic mass is 31.2. The van der Waals surface area contributed by atoms with E-state index in [4.69, 9.17) is 9.05 Å². The summed E-state index contributed by atoms with van der Waals surface area (Å²) in [5.74, 6) is 0. The van der Waals surface area contributed by atoms with Crippen LogP contribution in [-0.2, 0) is 13.6 Å². The van der Waals surface area contributed by atoms with Gasteiger partial charge in [-0.1, -0.05) is 90.4 Å². The normalized spacial score (nSPS) is 13.5. The molecule has 0 aliphatic carbocycles. The zero-order valence-corrected chi connectivity index (χ0v) is 24.4. The highest BCUT2D eigenvalue weighted by molar-refractivity contribution is 7.45. The molecule has 0 rings (SSSR count). The Bertz CT molecular complexity index is 558. The number of rotatable bonds is 24. The predicted molar refractivity (Wildman–Crippen MR) is 143 cm³/mol. The number of urea groups is 1. The monoisotopic (exact) mass is 521 g/mol. The highest BCUT2D eigenvalue weighted by Crippen LogP contribution is 2.37. The maximum atomic E-state index is 12.3. The minimum atomic E-state index is -4.36. The smallest absolute Gasteiger partial charge is 0.317 e. The third-order valence-corrected chi connectivity index (χ3v) is 7.02. The summed E-state index contributed by atoms with van der Waals surface area (Å²) in [6.07, 6.45) is 18.0. The van der Waals surface area contributed by atoms with Gasteiger partial charge in [-0.2, -0.15) is 0 Å². The number of likely N-dealkylation sites (N-methyl/N-ethyl adjacent to an activating group) is 1. The number of amides is 2. The quantitative estimate of drug-likeness (QED) is 0.0998. The molecule has 0 radical (unpaired) electrons. The predicted octanol–water partition coefficient (Wildman–Crippen LogP) is 5.71. The van der Waals surface area contributed by atoms with Gasteiger partial charge in [0.2, 0.25) is 0 Å². The molecule has 0 heterocycles. The molecule has 0 aromatic carbocycles. The van der Waals surface area contributed by atoms with Gasteiger partial charge in [-0.3, -0.25) is 4.57 Å². The fraction of sp³-hybridized carbons (Fsp3) is 0.962. The Labute approximate surface area is 216 Å². The van der Waals surface area contributed by atoms with Crippen molar-refractivity contribution >= 4 is 13.9 Å². The van der Waals surface area contributed by atoms with Crippen molar-refractivity contribution in [1.29, 1.82) is 0 Å². The van der Waals surface area contributed by atoms with Crippen LogP contribution in [0.25, 0.3) is 0 Å². The maximum Gasteiger partial charge on any atom is 0.317 e. The van der Waals surface area contributed by atoms with Crippen LogP contribution < -0.4 is 10.2 Å². The number of carbonyl (C=O) groups excluding carboxylic acids is 1. The van der Waals surface area contributed by atoms with E-state index in [-0.39, 0.29) is 25.8 Å². The molecular weight excluding hydrogens is 465 g/mol. The average molecular weight is 522 g/mol. The van der Waals surface area contributed by atoms with Crippen molar-refractivity contribution < 1.29 is 27.8 Å². The van der Waals surface area contributed by atoms with Crippen LogP contribution in [0, 0.1) is 0 Å². The van der Waals surface area contributed by atoms with Crippen LogP contribution in [0.2, 0.25) is 0 Å². The number of carbonyl (C=O) groups is 1. The van der Waals surface area contributed by atoms with Crippen molar-refractivity contribution in [3.63, 3.8) is 0 Å². The van der Waals surface area contributed by atoms with Gasteiger partial charge in [-0.15, -0.1) is 0 Å². The summed E-state index contributed by atoms with van der Waals surface area (Å²) >= 11 is 0. The summed E-state index contributed by atoms with van der Waals surface area (Å²) in [6.45, 7) is 6.00. The Morgan fingerprint density at radius 1 is 0.771 bits per heavy atom. The van der Waals surface area contributed by atoms with E-state index < -0.39 is 7.82 Å². The lowest BCUT2D eigenvalue weighted by Crippen LogP contribution is -2.42. The van der Waals surface area contributed by atoms with E-state index in [1.54, 1.807) is 4.90 Å². The molecule has 0 saturated carbocycles. The number of phosphoric ester groups is 1. The van der Waals surface area contributed by atoms with E-state index in [0.29, 0.717) is 24.1 Å². The van der Waals surface area contributed by atoms with Crippen LogP contribution in [0.1, 0.15) is 104 Å². The molecule has 35 heavy (non-hydrogen) atoms. The molecule has 210 valence electrons. The number of nitrogens with one attached hydrogen (secondary N) is 1. The lowest BCUT2D eigenvalue weighted by atomic mass is 10.0. The Balaban J connectivity index is 3.96. The fourth-order valence-electron chi connectivity index (χ4n) is 3.80. The molecule has 1 unspecified atom stereocenters. The first-order valence-electron chi connectivity index (χ1n) is 14.0. The van der Waals surface area contributed by atoms with Gasteiger partial charge < -0.3 is 28.6 Å². The third-order valence-electron chi connectivity index (χ3n) is 6.02. The second-order valence-electron chi connectivity index (χ2n) is 10.5. The molecule has 0 aromatic heterocycles. The first-order valence-corrected chi connectivity index (χ1v) is 15.5. The van der Waals surface area contributed by atoms with Crippen molar-refractivity contribution in [1.82, 2.24) is 10.2 Å². The lowest BCUT2D eigenvalue weighted by molar-refractivity contribution is -0.870. The molecule has 0 aliphatic heterocycles. The first kappa shape index (κ1) is 34.3. The van der Waals surface area contributed by atoms with Gasteiger partial charge in [0.25, 0.3) is 7.82 Å². The van der Waals surface area contributed by atoms with Crippen molar-refractivity contribution in [3.05, 3.63) is 0 Å². The second-order valence-corrected chi connectivity index (χ2v) is 12.0. The summed E-state index contributed by atoms with van der Waals surface area (Å²) < 4.78 is 22.5. The largest absolute Gasteiger partial charge is 0.756 e. The Hall–Kier alpha value is -0.660. The second kappa shape index (κ2) is 21.4. The summed E-state index contributed by atoms with van der Waals surface area (Å²) in [6, 6.07) is -0.183. The molecule has 1 N–H and O–H groups in total. The van der Waals surface area contributed by atoms with E-state index in [1.165, 1.54) is 77.0 Å². The van der Waals surface area contributed by atoms with Crippen molar-refractivity contribution in [3.8, 4) is 0 Å². The lowest BCUT2D eigenvalue weighted by Gasteiger charge is -2.28. The first-order chi connectivity index (χ1) is 16.6. The summed E-state index contributed by atoms with van der Waals surface area (Å²) in [5.41, 5.74) is 0. The van der Waals surface area contributed by atoms with Gasteiger partial charge in [0.05, 0.1) is 27.7 Å². The number of phosphoric acid groups is 1. The topological polar surface area (TPSA) is 90.9 Å². The van der Waals surface area contributed by atoms with Crippen LogP contribution in [-0.4, -0.2) is 75.9 Å². The Morgan fingerprint density at radius 3 is 1.69 bits per heavy atom. The number of quaternary nitrogens is 1. The van der Waals surface area contributed by atoms with E-state index in [2.05, 4.69) is 12.2 Å². The Kier molecular flexibility index (Phi) is 21.0. The van der Waals surface area contributed by atoms with Gasteiger partial charge in [-0.25, -0.2) is 4.79 Å². The molecule has 0 aliphatic rings. The molecule has 0 fully saturated rings. The van der Waals surface area contributed by atoms with Crippen molar-refractivity contribution in [2.75, 3.05) is 60.5 Å². The fourth-order valence-corrected chi connectivity index (χ4v) is 4.49. The SMILES string of the molecule is CCCCCCCCCCCCCCCCN(CCOP(=O)([O-])OCC[N+](C)(C)C)C(=O)NCC. The minimum Gasteiger partial charge on any atom is -0.756 e. The van der Waals surface area contributed by atoms with Gasteiger partial charge in [0.1, 0.15) is 13.2 Å². The number of unbranched alkanes of at least 4 members (excludes halogenated alkanes) is 13. The minimum absolute atomic E-state index is 0.0728. The highest BCUT2D eigenvalue weighted by Gasteiger charge is 2.16. The van der Waals surface area contributed by atoms with Crippen LogP contribution in [0.4, 0.5) is 4.79 Å². The maximum absolute atomic E-state index is 12.3. The van der Waals surface area contributed by atoms with E-state index >= 15 is 0 Å².